The Balaban J connectivity index is 3.11. The number of carbonyl (C=O) groups is 1. The molecule has 0 aliphatic rings. The van der Waals surface area contributed by atoms with Gasteiger partial charge in [-0.1, -0.05) is 39.0 Å². The first-order chi connectivity index (χ1) is 7.81. The van der Waals surface area contributed by atoms with Gasteiger partial charge in [0, 0.05) is 18.8 Å². The molecule has 3 heteroatoms. The Bertz CT molecular complexity index is 162. The third kappa shape index (κ3) is 11.8. The van der Waals surface area contributed by atoms with Crippen molar-refractivity contribution in [1.29, 1.82) is 0 Å². The highest BCUT2D eigenvalue weighted by atomic mass is 35.5. The molecule has 2 nitrogen and oxygen atoms in total. The van der Waals surface area contributed by atoms with Crippen LogP contribution in [0.1, 0.15) is 64.7 Å². The molecule has 1 N–H and O–H groups in total. The van der Waals surface area contributed by atoms with Crippen LogP contribution in [0, 0.1) is 0 Å². The van der Waals surface area contributed by atoms with E-state index in [1.54, 1.807) is 0 Å². The first kappa shape index (κ1) is 15.8. The first-order valence-corrected chi connectivity index (χ1v) is 7.17. The molecule has 0 aromatic rings. The van der Waals surface area contributed by atoms with Gasteiger partial charge in [0.15, 0.2) is 0 Å². The quantitative estimate of drug-likeness (QED) is 0.436. The van der Waals surface area contributed by atoms with Crippen molar-refractivity contribution >= 4 is 17.5 Å². The highest BCUT2D eigenvalue weighted by Crippen LogP contribution is 2.06. The van der Waals surface area contributed by atoms with E-state index in [-0.39, 0.29) is 5.91 Å². The Morgan fingerprint density at radius 2 is 1.69 bits per heavy atom. The van der Waals surface area contributed by atoms with Gasteiger partial charge in [-0.15, -0.1) is 11.6 Å². The van der Waals surface area contributed by atoms with Crippen LogP contribution in [0.15, 0.2) is 0 Å². The zero-order chi connectivity index (χ0) is 12.1. The van der Waals surface area contributed by atoms with E-state index >= 15 is 0 Å². The van der Waals surface area contributed by atoms with Gasteiger partial charge in [0.05, 0.1) is 0 Å². The van der Waals surface area contributed by atoms with Crippen molar-refractivity contribution in [1.82, 2.24) is 5.32 Å². The molecule has 0 fully saturated rings. The minimum absolute atomic E-state index is 0.199. The summed E-state index contributed by atoms with van der Waals surface area (Å²) in [6.07, 6.45) is 10.1. The van der Waals surface area contributed by atoms with Gasteiger partial charge >= 0.3 is 0 Å². The van der Waals surface area contributed by atoms with E-state index < -0.39 is 0 Å². The molecule has 0 bridgehead atoms. The molecule has 0 aromatic carbocycles. The molecule has 96 valence electrons. The fraction of sp³-hybridized carbons (Fsp3) is 0.923. The lowest BCUT2D eigenvalue weighted by Gasteiger charge is -2.04. The molecule has 0 spiro atoms. The molecular weight excluding hydrogens is 222 g/mol. The number of nitrogens with one attached hydrogen (secondary N) is 1. The second-order valence-corrected chi connectivity index (χ2v) is 4.64. The van der Waals surface area contributed by atoms with E-state index in [4.69, 9.17) is 11.6 Å². The van der Waals surface area contributed by atoms with Crippen LogP contribution in [0.5, 0.6) is 0 Å². The third-order valence-corrected chi connectivity index (χ3v) is 2.91. The number of unbranched alkanes of at least 4 members (excludes halogenated alkanes) is 6. The fourth-order valence-electron chi connectivity index (χ4n) is 1.60. The van der Waals surface area contributed by atoms with Crippen LogP contribution in [0.25, 0.3) is 0 Å². The maximum absolute atomic E-state index is 11.4. The number of hydrogen-bond acceptors (Lipinski definition) is 1. The highest BCUT2D eigenvalue weighted by molar-refractivity contribution is 6.17. The predicted molar refractivity (Wildman–Crippen MR) is 71.0 cm³/mol. The van der Waals surface area contributed by atoms with Gasteiger partial charge in [-0.3, -0.25) is 4.79 Å². The van der Waals surface area contributed by atoms with Crippen LogP contribution >= 0.6 is 11.6 Å². The van der Waals surface area contributed by atoms with E-state index in [1.807, 2.05) is 0 Å². The molecule has 16 heavy (non-hydrogen) atoms. The lowest BCUT2D eigenvalue weighted by atomic mass is 10.1. The second-order valence-electron chi connectivity index (χ2n) is 4.26. The van der Waals surface area contributed by atoms with Gasteiger partial charge in [0.25, 0.3) is 0 Å². The Morgan fingerprint density at radius 1 is 1.00 bits per heavy atom. The van der Waals surface area contributed by atoms with Crippen LogP contribution < -0.4 is 5.32 Å². The number of amides is 1. The van der Waals surface area contributed by atoms with Gasteiger partial charge in [-0.2, -0.15) is 0 Å². The van der Waals surface area contributed by atoms with Crippen molar-refractivity contribution < 1.29 is 4.79 Å². The lowest BCUT2D eigenvalue weighted by Crippen LogP contribution is -2.24. The van der Waals surface area contributed by atoms with Crippen LogP contribution in [-0.2, 0) is 4.79 Å². The lowest BCUT2D eigenvalue weighted by molar-refractivity contribution is -0.121. The van der Waals surface area contributed by atoms with Crippen LogP contribution in [-0.4, -0.2) is 18.3 Å². The van der Waals surface area contributed by atoms with Gasteiger partial charge in [0.1, 0.15) is 0 Å². The zero-order valence-corrected chi connectivity index (χ0v) is 11.3. The first-order valence-electron chi connectivity index (χ1n) is 6.64. The molecule has 0 rings (SSSR count). The SMILES string of the molecule is CCCCCCCCC(=O)NCCCCCl. The molecule has 0 saturated carbocycles. The summed E-state index contributed by atoms with van der Waals surface area (Å²) >= 11 is 5.55. The summed E-state index contributed by atoms with van der Waals surface area (Å²) in [6, 6.07) is 0. The van der Waals surface area contributed by atoms with Crippen molar-refractivity contribution in [3.63, 3.8) is 0 Å². The molecule has 0 radical (unpaired) electrons. The van der Waals surface area contributed by atoms with Gasteiger partial charge in [-0.25, -0.2) is 0 Å². The average molecular weight is 248 g/mol. The highest BCUT2D eigenvalue weighted by Gasteiger charge is 1.99. The molecular formula is C13H26ClNO. The summed E-state index contributed by atoms with van der Waals surface area (Å²) in [5.41, 5.74) is 0. The van der Waals surface area contributed by atoms with Crippen LogP contribution in [0.2, 0.25) is 0 Å². The Hall–Kier alpha value is -0.240. The summed E-state index contributed by atoms with van der Waals surface area (Å²) in [6.45, 7) is 3.00. The maximum atomic E-state index is 11.4. The summed E-state index contributed by atoms with van der Waals surface area (Å²) in [5, 5.41) is 2.92. The van der Waals surface area contributed by atoms with Crippen molar-refractivity contribution in [2.75, 3.05) is 12.4 Å². The zero-order valence-electron chi connectivity index (χ0n) is 10.6. The molecule has 0 heterocycles. The minimum atomic E-state index is 0.199. The molecule has 0 atom stereocenters. The van der Waals surface area contributed by atoms with Gasteiger partial charge in [-0.05, 0) is 19.3 Å². The van der Waals surface area contributed by atoms with Crippen molar-refractivity contribution in [3.05, 3.63) is 0 Å². The van der Waals surface area contributed by atoms with E-state index in [0.717, 1.165) is 25.8 Å². The van der Waals surface area contributed by atoms with E-state index in [1.165, 1.54) is 32.1 Å². The topological polar surface area (TPSA) is 29.1 Å². The maximum Gasteiger partial charge on any atom is 0.219 e. The van der Waals surface area contributed by atoms with Crippen molar-refractivity contribution in [2.45, 2.75) is 64.7 Å². The van der Waals surface area contributed by atoms with E-state index in [0.29, 0.717) is 12.3 Å². The molecule has 0 aliphatic heterocycles. The number of rotatable bonds is 11. The van der Waals surface area contributed by atoms with Crippen molar-refractivity contribution in [2.24, 2.45) is 0 Å². The van der Waals surface area contributed by atoms with E-state index in [2.05, 4.69) is 12.2 Å². The number of hydrogen-bond donors (Lipinski definition) is 1. The second kappa shape index (κ2) is 12.8. The summed E-state index contributed by atoms with van der Waals surface area (Å²) < 4.78 is 0. The standard InChI is InChI=1S/C13H26ClNO/c1-2-3-4-5-6-7-10-13(16)15-12-9-8-11-14/h2-12H2,1H3,(H,15,16). The molecule has 0 unspecified atom stereocenters. The Labute approximate surface area is 105 Å². The van der Waals surface area contributed by atoms with E-state index in [9.17, 15) is 4.79 Å². The fourth-order valence-corrected chi connectivity index (χ4v) is 1.79. The summed E-state index contributed by atoms with van der Waals surface area (Å²) in [5.74, 6) is 0.887. The normalized spacial score (nSPS) is 10.4. The van der Waals surface area contributed by atoms with Crippen molar-refractivity contribution in [3.8, 4) is 0 Å². The van der Waals surface area contributed by atoms with Crippen LogP contribution in [0.4, 0.5) is 0 Å². The van der Waals surface area contributed by atoms with Gasteiger partial charge < -0.3 is 5.32 Å². The third-order valence-electron chi connectivity index (χ3n) is 2.64. The smallest absolute Gasteiger partial charge is 0.219 e. The number of alkyl halides is 1. The average Bonchev–Trinajstić information content (AvgIpc) is 2.29. The largest absolute Gasteiger partial charge is 0.356 e. The monoisotopic (exact) mass is 247 g/mol. The Morgan fingerprint density at radius 3 is 2.38 bits per heavy atom. The summed E-state index contributed by atoms with van der Waals surface area (Å²) in [7, 11) is 0. The number of halogens is 1. The number of carbonyl (C=O) groups excluding carboxylic acids is 1. The molecule has 0 aromatic heterocycles. The minimum Gasteiger partial charge on any atom is -0.356 e. The van der Waals surface area contributed by atoms with Crippen LogP contribution in [0.3, 0.4) is 0 Å². The van der Waals surface area contributed by atoms with Gasteiger partial charge in [0.2, 0.25) is 5.91 Å². The summed E-state index contributed by atoms with van der Waals surface area (Å²) in [4.78, 5) is 11.4. The molecule has 0 saturated heterocycles. The predicted octanol–water partition coefficient (Wildman–Crippen LogP) is 3.87. The Kier molecular flexibility index (Phi) is 12.6. The molecule has 1 amide bonds. The molecule has 0 aliphatic carbocycles.